The van der Waals surface area contributed by atoms with E-state index in [2.05, 4.69) is 9.47 Å². The summed E-state index contributed by atoms with van der Waals surface area (Å²) in [4.78, 5) is 2.06. The lowest BCUT2D eigenvalue weighted by molar-refractivity contribution is -0.683. The van der Waals surface area contributed by atoms with Gasteiger partial charge in [0.05, 0.1) is 13.3 Å². The summed E-state index contributed by atoms with van der Waals surface area (Å²) in [7, 11) is 1.66. The molecule has 0 saturated carbocycles. The number of aliphatic hydroxyl groups is 1. The SMILES string of the molecule is COc1ccc(CN2c3cccc[n+]3C[C@]2(O)c2ccccc2)cc1. The Morgan fingerprint density at radius 2 is 1.72 bits per heavy atom. The van der Waals surface area contributed by atoms with E-state index < -0.39 is 5.72 Å². The molecule has 2 heterocycles. The highest BCUT2D eigenvalue weighted by molar-refractivity contribution is 5.44. The van der Waals surface area contributed by atoms with Crippen molar-refractivity contribution in [3.8, 4) is 5.75 Å². The second-order valence-corrected chi connectivity index (χ2v) is 6.30. The largest absolute Gasteiger partial charge is 0.497 e. The summed E-state index contributed by atoms with van der Waals surface area (Å²) in [5, 5.41) is 11.6. The molecule has 1 aliphatic rings. The Hall–Kier alpha value is -2.85. The molecule has 1 atom stereocenters. The predicted molar refractivity (Wildman–Crippen MR) is 96.2 cm³/mol. The van der Waals surface area contributed by atoms with Crippen molar-refractivity contribution in [2.75, 3.05) is 12.0 Å². The zero-order valence-corrected chi connectivity index (χ0v) is 14.2. The highest BCUT2D eigenvalue weighted by Gasteiger charge is 2.51. The molecule has 0 radical (unpaired) electrons. The van der Waals surface area contributed by atoms with Gasteiger partial charge in [0.2, 0.25) is 0 Å². The molecule has 25 heavy (non-hydrogen) atoms. The molecular weight excluding hydrogens is 312 g/mol. The number of fused-ring (bicyclic) bond motifs is 1. The van der Waals surface area contributed by atoms with Crippen LogP contribution in [0.3, 0.4) is 0 Å². The summed E-state index contributed by atoms with van der Waals surface area (Å²) in [6.07, 6.45) is 2.01. The van der Waals surface area contributed by atoms with Crippen LogP contribution in [0.15, 0.2) is 79.0 Å². The maximum Gasteiger partial charge on any atom is 0.279 e. The summed E-state index contributed by atoms with van der Waals surface area (Å²) in [6, 6.07) is 23.9. The smallest absolute Gasteiger partial charge is 0.279 e. The summed E-state index contributed by atoms with van der Waals surface area (Å²) in [6.45, 7) is 1.11. The van der Waals surface area contributed by atoms with Crippen LogP contribution in [0.4, 0.5) is 5.82 Å². The third-order valence-corrected chi connectivity index (χ3v) is 4.77. The first-order chi connectivity index (χ1) is 12.2. The van der Waals surface area contributed by atoms with Gasteiger partial charge in [-0.15, -0.1) is 0 Å². The third kappa shape index (κ3) is 2.75. The van der Waals surface area contributed by atoms with Crippen LogP contribution in [0.2, 0.25) is 0 Å². The highest BCUT2D eigenvalue weighted by Crippen LogP contribution is 2.36. The van der Waals surface area contributed by atoms with Crippen molar-refractivity contribution in [3.63, 3.8) is 0 Å². The van der Waals surface area contributed by atoms with Crippen molar-refractivity contribution in [2.45, 2.75) is 18.8 Å². The van der Waals surface area contributed by atoms with Gasteiger partial charge < -0.3 is 9.84 Å². The Morgan fingerprint density at radius 1 is 1.00 bits per heavy atom. The van der Waals surface area contributed by atoms with E-state index in [9.17, 15) is 5.11 Å². The Kier molecular flexibility index (Phi) is 3.90. The van der Waals surface area contributed by atoms with Crippen LogP contribution in [0, 0.1) is 0 Å². The molecule has 0 spiro atoms. The molecule has 4 nitrogen and oxygen atoms in total. The van der Waals surface area contributed by atoms with Crippen molar-refractivity contribution in [1.82, 2.24) is 0 Å². The number of pyridine rings is 1. The molecule has 0 amide bonds. The number of rotatable bonds is 4. The molecule has 0 fully saturated rings. The second-order valence-electron chi connectivity index (χ2n) is 6.30. The Morgan fingerprint density at radius 3 is 2.44 bits per heavy atom. The first kappa shape index (κ1) is 15.7. The molecule has 126 valence electrons. The monoisotopic (exact) mass is 333 g/mol. The van der Waals surface area contributed by atoms with Gasteiger partial charge in [-0.1, -0.05) is 48.5 Å². The zero-order chi connectivity index (χ0) is 17.3. The third-order valence-electron chi connectivity index (χ3n) is 4.77. The fraction of sp³-hybridized carbons (Fsp3) is 0.190. The fourth-order valence-corrected chi connectivity index (χ4v) is 3.44. The summed E-state index contributed by atoms with van der Waals surface area (Å²) >= 11 is 0. The van der Waals surface area contributed by atoms with E-state index in [-0.39, 0.29) is 0 Å². The number of ether oxygens (including phenoxy) is 1. The van der Waals surface area contributed by atoms with Crippen LogP contribution in [-0.4, -0.2) is 12.2 Å². The Labute approximate surface area is 147 Å². The van der Waals surface area contributed by atoms with Crippen molar-refractivity contribution in [1.29, 1.82) is 0 Å². The molecule has 1 N–H and O–H groups in total. The van der Waals surface area contributed by atoms with E-state index >= 15 is 0 Å². The number of methoxy groups -OCH3 is 1. The molecule has 3 aromatic rings. The standard InChI is InChI=1S/C21H21N2O2/c1-25-19-12-10-17(11-13-19)15-23-20-9-5-6-14-22(20)16-21(23,24)18-7-3-2-4-8-18/h2-14,24H,15-16H2,1H3/q+1/t21-/m0/s1. The van der Waals surface area contributed by atoms with Gasteiger partial charge in [0.1, 0.15) is 12.3 Å². The van der Waals surface area contributed by atoms with Crippen LogP contribution in [-0.2, 0) is 18.8 Å². The van der Waals surface area contributed by atoms with E-state index in [1.807, 2.05) is 79.0 Å². The number of hydrogen-bond donors (Lipinski definition) is 1. The topological polar surface area (TPSA) is 36.6 Å². The lowest BCUT2D eigenvalue weighted by Crippen LogP contribution is -2.45. The summed E-state index contributed by atoms with van der Waals surface area (Å²) in [5.74, 6) is 1.84. The van der Waals surface area contributed by atoms with E-state index in [0.717, 1.165) is 22.7 Å². The number of hydrogen-bond acceptors (Lipinski definition) is 3. The molecule has 1 aliphatic heterocycles. The minimum atomic E-state index is -1.07. The Bertz CT molecular complexity index is 865. The van der Waals surface area contributed by atoms with Crippen molar-refractivity contribution in [3.05, 3.63) is 90.1 Å². The van der Waals surface area contributed by atoms with E-state index in [4.69, 9.17) is 4.74 Å². The van der Waals surface area contributed by atoms with Gasteiger partial charge in [-0.2, -0.15) is 0 Å². The summed E-state index contributed by atoms with van der Waals surface area (Å²) in [5.41, 5.74) is 0.940. The van der Waals surface area contributed by atoms with Gasteiger partial charge in [-0.3, -0.25) is 0 Å². The maximum absolute atomic E-state index is 11.6. The normalized spacial score (nSPS) is 18.9. The number of anilines is 1. The van der Waals surface area contributed by atoms with Crippen LogP contribution >= 0.6 is 0 Å². The van der Waals surface area contributed by atoms with Crippen LogP contribution in [0.5, 0.6) is 5.75 Å². The van der Waals surface area contributed by atoms with Gasteiger partial charge >= 0.3 is 0 Å². The first-order valence-corrected chi connectivity index (χ1v) is 8.38. The van der Waals surface area contributed by atoms with Crippen LogP contribution in [0.1, 0.15) is 11.1 Å². The molecular formula is C21H21N2O2+. The van der Waals surface area contributed by atoms with Crippen molar-refractivity contribution in [2.24, 2.45) is 0 Å². The maximum atomic E-state index is 11.6. The van der Waals surface area contributed by atoms with E-state index in [1.54, 1.807) is 7.11 Å². The van der Waals surface area contributed by atoms with Gasteiger partial charge in [0, 0.05) is 11.6 Å². The number of nitrogens with zero attached hydrogens (tertiary/aromatic N) is 2. The fourth-order valence-electron chi connectivity index (χ4n) is 3.44. The summed E-state index contributed by atoms with van der Waals surface area (Å²) < 4.78 is 7.33. The quantitative estimate of drug-likeness (QED) is 0.746. The van der Waals surface area contributed by atoms with Crippen molar-refractivity contribution < 1.29 is 14.4 Å². The molecule has 0 unspecified atom stereocenters. The highest BCUT2D eigenvalue weighted by atomic mass is 16.5. The first-order valence-electron chi connectivity index (χ1n) is 8.38. The van der Waals surface area contributed by atoms with Crippen molar-refractivity contribution >= 4 is 5.82 Å². The van der Waals surface area contributed by atoms with E-state index in [1.165, 1.54) is 0 Å². The molecule has 4 heteroatoms. The molecule has 4 rings (SSSR count). The van der Waals surface area contributed by atoms with Crippen LogP contribution < -0.4 is 14.2 Å². The van der Waals surface area contributed by atoms with Gasteiger partial charge in [0.25, 0.3) is 11.5 Å². The second kappa shape index (κ2) is 6.22. The Balaban J connectivity index is 1.74. The molecule has 0 bridgehead atoms. The lowest BCUT2D eigenvalue weighted by Gasteiger charge is -2.27. The van der Waals surface area contributed by atoms with E-state index in [0.29, 0.717) is 13.1 Å². The average Bonchev–Trinajstić information content (AvgIpc) is 2.96. The van der Waals surface area contributed by atoms with Crippen LogP contribution in [0.25, 0.3) is 0 Å². The minimum absolute atomic E-state index is 0.503. The predicted octanol–water partition coefficient (Wildman–Crippen LogP) is 2.85. The number of aromatic nitrogens is 1. The van der Waals surface area contributed by atoms with Gasteiger partial charge in [-0.05, 0) is 23.8 Å². The number of benzene rings is 2. The van der Waals surface area contributed by atoms with Gasteiger partial charge in [0.15, 0.2) is 6.54 Å². The molecule has 2 aromatic carbocycles. The molecule has 0 aliphatic carbocycles. The molecule has 0 saturated heterocycles. The lowest BCUT2D eigenvalue weighted by atomic mass is 10.0. The van der Waals surface area contributed by atoms with Gasteiger partial charge in [-0.25, -0.2) is 9.47 Å². The molecule has 1 aromatic heterocycles. The average molecular weight is 333 g/mol. The minimum Gasteiger partial charge on any atom is -0.497 e. The zero-order valence-electron chi connectivity index (χ0n) is 14.2.